The zero-order chi connectivity index (χ0) is 26.4. The van der Waals surface area contributed by atoms with Crippen LogP contribution in [0.5, 0.6) is 11.5 Å². The topological polar surface area (TPSA) is 129 Å². The highest BCUT2D eigenvalue weighted by Gasteiger charge is 2.47. The molecule has 0 unspecified atom stereocenters. The van der Waals surface area contributed by atoms with Crippen LogP contribution in [0.25, 0.3) is 22.3 Å². The molecular weight excluding hydrogens is 492 g/mol. The SMILES string of the molecule is CC[C@@]1(O)C(=O)OCc2c1cc1n(c2=O)Cc2c-1nc1cc3c(c4c1c2[C@@](C)(COCCO)CC4)OCO3. The molecule has 0 saturated carbocycles. The molecule has 0 spiro atoms. The van der Waals surface area contributed by atoms with E-state index in [4.69, 9.17) is 23.9 Å². The first kappa shape index (κ1) is 23.6. The second-order valence-corrected chi connectivity index (χ2v) is 10.7. The van der Waals surface area contributed by atoms with Crippen molar-refractivity contribution in [2.24, 2.45) is 0 Å². The van der Waals surface area contributed by atoms with E-state index in [2.05, 4.69) is 6.92 Å². The summed E-state index contributed by atoms with van der Waals surface area (Å²) in [6, 6.07) is 3.61. The van der Waals surface area contributed by atoms with Gasteiger partial charge in [-0.1, -0.05) is 13.8 Å². The lowest BCUT2D eigenvalue weighted by Gasteiger charge is -2.37. The first-order valence-corrected chi connectivity index (χ1v) is 12.9. The number of esters is 1. The molecular formula is C28H28N2O8. The number of cyclic esters (lactones) is 1. The maximum Gasteiger partial charge on any atom is 0.343 e. The van der Waals surface area contributed by atoms with Crippen LogP contribution in [0.1, 0.15) is 54.5 Å². The highest BCUT2D eigenvalue weighted by Crippen LogP contribution is 2.52. The summed E-state index contributed by atoms with van der Waals surface area (Å²) in [6.45, 7) is 4.68. The van der Waals surface area contributed by atoms with Crippen LogP contribution in [-0.2, 0) is 44.9 Å². The molecule has 38 heavy (non-hydrogen) atoms. The number of aliphatic hydroxyl groups is 2. The van der Waals surface area contributed by atoms with E-state index < -0.39 is 17.0 Å². The van der Waals surface area contributed by atoms with E-state index >= 15 is 0 Å². The largest absolute Gasteiger partial charge is 0.458 e. The van der Waals surface area contributed by atoms with Gasteiger partial charge in [-0.05, 0) is 30.9 Å². The molecule has 2 N–H and O–H groups in total. The molecule has 0 amide bonds. The number of aliphatic hydroxyl groups excluding tert-OH is 1. The van der Waals surface area contributed by atoms with Crippen LogP contribution in [0.15, 0.2) is 16.9 Å². The van der Waals surface area contributed by atoms with Crippen LogP contribution in [0.4, 0.5) is 0 Å². The van der Waals surface area contributed by atoms with Gasteiger partial charge in [0.05, 0.1) is 48.8 Å². The number of carbonyl (C=O) groups excluding carboxylic acids is 1. The van der Waals surface area contributed by atoms with E-state index in [-0.39, 0.29) is 44.2 Å². The zero-order valence-electron chi connectivity index (χ0n) is 21.3. The second kappa shape index (κ2) is 8.02. The lowest BCUT2D eigenvalue weighted by molar-refractivity contribution is -0.172. The number of aromatic nitrogens is 2. The van der Waals surface area contributed by atoms with E-state index in [0.717, 1.165) is 46.2 Å². The molecule has 198 valence electrons. The van der Waals surface area contributed by atoms with Gasteiger partial charge in [-0.2, -0.15) is 0 Å². The number of fused-ring (bicyclic) bond motifs is 7. The highest BCUT2D eigenvalue weighted by atomic mass is 16.7. The van der Waals surface area contributed by atoms with Gasteiger partial charge in [-0.3, -0.25) is 4.79 Å². The molecule has 3 aliphatic heterocycles. The van der Waals surface area contributed by atoms with Crippen molar-refractivity contribution < 1.29 is 34.0 Å². The summed E-state index contributed by atoms with van der Waals surface area (Å²) in [7, 11) is 0. The standard InChI is InChI=1S/C28H28N2O8/c1-3-28(34)17-8-19-23-15(10-30(19)25(32)16(17)11-36-26(28)33)22-21-14(4-5-27(22,2)12-35-7-6-31)24-20(37-13-38-24)9-18(21)29-23/h8-9,31,34H,3-7,10-13H2,1-2H3/t27-,28+/m1/s1. The third-order valence-corrected chi connectivity index (χ3v) is 8.60. The van der Waals surface area contributed by atoms with Gasteiger partial charge in [0.2, 0.25) is 6.79 Å². The number of aryl methyl sites for hydroxylation is 1. The van der Waals surface area contributed by atoms with Crippen LogP contribution < -0.4 is 15.0 Å². The Morgan fingerprint density at radius 3 is 2.79 bits per heavy atom. The third kappa shape index (κ3) is 2.96. The number of hydrogen-bond acceptors (Lipinski definition) is 9. The summed E-state index contributed by atoms with van der Waals surface area (Å²) in [4.78, 5) is 31.3. The van der Waals surface area contributed by atoms with Crippen molar-refractivity contribution in [1.29, 1.82) is 0 Å². The van der Waals surface area contributed by atoms with Crippen LogP contribution in [0, 0.1) is 0 Å². The van der Waals surface area contributed by atoms with E-state index in [1.165, 1.54) is 0 Å². The maximum atomic E-state index is 13.7. The lowest BCUT2D eigenvalue weighted by atomic mass is 9.69. The fourth-order valence-corrected chi connectivity index (χ4v) is 6.63. The predicted molar refractivity (Wildman–Crippen MR) is 134 cm³/mol. The van der Waals surface area contributed by atoms with Crippen LogP contribution >= 0.6 is 0 Å². The van der Waals surface area contributed by atoms with Crippen molar-refractivity contribution in [3.63, 3.8) is 0 Å². The highest BCUT2D eigenvalue weighted by molar-refractivity contribution is 5.96. The van der Waals surface area contributed by atoms with Crippen molar-refractivity contribution in [1.82, 2.24) is 9.55 Å². The van der Waals surface area contributed by atoms with Gasteiger partial charge in [0, 0.05) is 33.6 Å². The first-order chi connectivity index (χ1) is 18.3. The predicted octanol–water partition coefficient (Wildman–Crippen LogP) is 2.02. The Kier molecular flexibility index (Phi) is 4.99. The summed E-state index contributed by atoms with van der Waals surface area (Å²) < 4.78 is 24.3. The van der Waals surface area contributed by atoms with E-state index in [1.807, 2.05) is 6.07 Å². The number of benzene rings is 1. The van der Waals surface area contributed by atoms with Crippen molar-refractivity contribution in [3.05, 3.63) is 50.3 Å². The lowest BCUT2D eigenvalue weighted by Crippen LogP contribution is -2.44. The first-order valence-electron chi connectivity index (χ1n) is 12.9. The molecule has 2 atom stereocenters. The molecule has 2 aromatic heterocycles. The molecule has 1 aliphatic carbocycles. The molecule has 0 bridgehead atoms. The number of carbonyl (C=O) groups is 1. The fourth-order valence-electron chi connectivity index (χ4n) is 6.63. The maximum absolute atomic E-state index is 13.7. The quantitative estimate of drug-likeness (QED) is 0.300. The van der Waals surface area contributed by atoms with Crippen molar-refractivity contribution in [2.45, 2.75) is 57.3 Å². The average Bonchev–Trinajstić information content (AvgIpc) is 3.53. The number of rotatable bonds is 5. The molecule has 0 saturated heterocycles. The summed E-state index contributed by atoms with van der Waals surface area (Å²) in [5.41, 5.74) is 2.93. The Morgan fingerprint density at radius 2 is 2.00 bits per heavy atom. The molecule has 10 heteroatoms. The minimum atomic E-state index is -1.89. The normalized spacial score (nSPS) is 24.3. The Morgan fingerprint density at radius 1 is 1.16 bits per heavy atom. The van der Waals surface area contributed by atoms with Gasteiger partial charge >= 0.3 is 5.97 Å². The summed E-state index contributed by atoms with van der Waals surface area (Å²) in [5.74, 6) is 0.642. The van der Waals surface area contributed by atoms with Crippen molar-refractivity contribution >= 4 is 16.9 Å². The summed E-state index contributed by atoms with van der Waals surface area (Å²) >= 11 is 0. The Labute approximate surface area is 217 Å². The number of ether oxygens (including phenoxy) is 4. The molecule has 4 aliphatic rings. The average molecular weight is 521 g/mol. The van der Waals surface area contributed by atoms with E-state index in [0.29, 0.717) is 35.9 Å². The Hall–Kier alpha value is -3.47. The van der Waals surface area contributed by atoms with Crippen LogP contribution in [-0.4, -0.2) is 52.3 Å². The molecule has 0 fully saturated rings. The second-order valence-electron chi connectivity index (χ2n) is 10.7. The molecule has 1 aromatic carbocycles. The van der Waals surface area contributed by atoms with Crippen molar-refractivity contribution in [2.75, 3.05) is 26.6 Å². The zero-order valence-corrected chi connectivity index (χ0v) is 21.3. The van der Waals surface area contributed by atoms with E-state index in [1.54, 1.807) is 17.6 Å². The summed E-state index contributed by atoms with van der Waals surface area (Å²) in [6.07, 6.45) is 1.61. The molecule has 0 radical (unpaired) electrons. The molecule has 10 nitrogen and oxygen atoms in total. The van der Waals surface area contributed by atoms with Gasteiger partial charge < -0.3 is 33.7 Å². The van der Waals surface area contributed by atoms with Gasteiger partial charge in [0.1, 0.15) is 6.61 Å². The van der Waals surface area contributed by atoms with Gasteiger partial charge in [-0.25, -0.2) is 9.78 Å². The van der Waals surface area contributed by atoms with Gasteiger partial charge in [0.15, 0.2) is 17.1 Å². The number of nitrogens with zero attached hydrogens (tertiary/aromatic N) is 2. The van der Waals surface area contributed by atoms with Gasteiger partial charge in [-0.15, -0.1) is 0 Å². The number of hydrogen-bond donors (Lipinski definition) is 2. The fraction of sp³-hybridized carbons (Fsp3) is 0.464. The van der Waals surface area contributed by atoms with Crippen LogP contribution in [0.2, 0.25) is 0 Å². The smallest absolute Gasteiger partial charge is 0.343 e. The van der Waals surface area contributed by atoms with E-state index in [9.17, 15) is 19.8 Å². The monoisotopic (exact) mass is 520 g/mol. The molecule has 3 aromatic rings. The van der Waals surface area contributed by atoms with Crippen molar-refractivity contribution in [3.8, 4) is 22.9 Å². The number of pyridine rings is 2. The Balaban J connectivity index is 1.52. The Bertz CT molecular complexity index is 1610. The minimum absolute atomic E-state index is 0.0667. The third-order valence-electron chi connectivity index (χ3n) is 8.60. The molecule has 7 rings (SSSR count). The summed E-state index contributed by atoms with van der Waals surface area (Å²) in [5, 5.41) is 21.5. The van der Waals surface area contributed by atoms with Gasteiger partial charge in [0.25, 0.3) is 5.56 Å². The minimum Gasteiger partial charge on any atom is -0.458 e. The molecule has 5 heterocycles. The van der Waals surface area contributed by atoms with Crippen LogP contribution in [0.3, 0.4) is 0 Å².